The number of amides is 1. The van der Waals surface area contributed by atoms with Crippen LogP contribution in [0.1, 0.15) is 11.1 Å². The lowest BCUT2D eigenvalue weighted by Crippen LogP contribution is -2.38. The van der Waals surface area contributed by atoms with E-state index in [0.29, 0.717) is 22.0 Å². The average molecular weight is 426 g/mol. The van der Waals surface area contributed by atoms with Crippen LogP contribution < -0.4 is 5.32 Å². The standard InChI is InChI=1S/C21H16ClN3O3S/c22-16-10-12-17(13-11-16)23-20(26)14-25-24-21(15-6-2-1-3-7-15)18-8-4-5-9-19(18)29(25,27)28/h1-13H,14H2,(H,23,26). The van der Waals surface area contributed by atoms with Gasteiger partial charge in [0.15, 0.2) is 0 Å². The summed E-state index contributed by atoms with van der Waals surface area (Å²) in [5.41, 5.74) is 2.28. The molecule has 0 saturated carbocycles. The van der Waals surface area contributed by atoms with Crippen LogP contribution in [0.4, 0.5) is 5.69 Å². The molecule has 0 fully saturated rings. The Morgan fingerprint density at radius 2 is 1.59 bits per heavy atom. The fourth-order valence-corrected chi connectivity index (χ4v) is 4.53. The van der Waals surface area contributed by atoms with E-state index in [4.69, 9.17) is 11.6 Å². The molecule has 0 atom stereocenters. The number of benzene rings is 3. The summed E-state index contributed by atoms with van der Waals surface area (Å²) in [5.74, 6) is -0.508. The molecule has 1 N–H and O–H groups in total. The highest BCUT2D eigenvalue weighted by Gasteiger charge is 2.34. The molecule has 4 rings (SSSR count). The van der Waals surface area contributed by atoms with E-state index >= 15 is 0 Å². The number of nitrogens with one attached hydrogen (secondary N) is 1. The summed E-state index contributed by atoms with van der Waals surface area (Å²) in [6.07, 6.45) is 0. The number of hydrogen-bond donors (Lipinski definition) is 1. The summed E-state index contributed by atoms with van der Waals surface area (Å²) in [5, 5.41) is 7.52. The number of fused-ring (bicyclic) bond motifs is 1. The van der Waals surface area contributed by atoms with Crippen molar-refractivity contribution in [2.45, 2.75) is 4.90 Å². The van der Waals surface area contributed by atoms with Gasteiger partial charge in [-0.1, -0.05) is 60.1 Å². The maximum atomic E-state index is 13.0. The molecule has 8 heteroatoms. The molecular formula is C21H16ClN3O3S. The van der Waals surface area contributed by atoms with Crippen molar-refractivity contribution < 1.29 is 13.2 Å². The van der Waals surface area contributed by atoms with Crippen molar-refractivity contribution in [3.8, 4) is 0 Å². The Morgan fingerprint density at radius 3 is 2.31 bits per heavy atom. The summed E-state index contributed by atoms with van der Waals surface area (Å²) in [6.45, 7) is -0.449. The largest absolute Gasteiger partial charge is 0.324 e. The van der Waals surface area contributed by atoms with Crippen LogP contribution in [0.25, 0.3) is 0 Å². The third-order valence-corrected chi connectivity index (χ3v) is 6.29. The zero-order valence-corrected chi connectivity index (χ0v) is 16.7. The monoisotopic (exact) mass is 425 g/mol. The maximum Gasteiger partial charge on any atom is 0.280 e. The molecule has 6 nitrogen and oxygen atoms in total. The molecule has 146 valence electrons. The number of rotatable bonds is 4. The Balaban J connectivity index is 1.68. The van der Waals surface area contributed by atoms with Gasteiger partial charge in [0.25, 0.3) is 10.0 Å². The maximum absolute atomic E-state index is 13.0. The molecule has 1 amide bonds. The minimum Gasteiger partial charge on any atom is -0.324 e. The highest BCUT2D eigenvalue weighted by Crippen LogP contribution is 2.28. The molecular weight excluding hydrogens is 410 g/mol. The molecule has 0 aromatic heterocycles. The van der Waals surface area contributed by atoms with E-state index in [0.717, 1.165) is 9.98 Å². The molecule has 0 saturated heterocycles. The Labute approximate surface area is 173 Å². The van der Waals surface area contributed by atoms with Crippen LogP contribution in [0.2, 0.25) is 5.02 Å². The minimum absolute atomic E-state index is 0.119. The average Bonchev–Trinajstić information content (AvgIpc) is 2.73. The number of sulfonamides is 1. The lowest BCUT2D eigenvalue weighted by molar-refractivity contribution is -0.116. The van der Waals surface area contributed by atoms with Gasteiger partial charge in [0, 0.05) is 21.8 Å². The van der Waals surface area contributed by atoms with E-state index in [1.165, 1.54) is 6.07 Å². The third-order valence-electron chi connectivity index (χ3n) is 4.36. The van der Waals surface area contributed by atoms with Crippen molar-refractivity contribution in [2.24, 2.45) is 5.10 Å². The number of carbonyl (C=O) groups is 1. The van der Waals surface area contributed by atoms with Crippen LogP contribution >= 0.6 is 11.6 Å². The van der Waals surface area contributed by atoms with Crippen molar-refractivity contribution in [3.05, 3.63) is 95.0 Å². The SMILES string of the molecule is O=C(CN1N=C(c2ccccc2)c2ccccc2S1(=O)=O)Nc1ccc(Cl)cc1. The van der Waals surface area contributed by atoms with Gasteiger partial charge in [-0.25, -0.2) is 0 Å². The van der Waals surface area contributed by atoms with Crippen LogP contribution in [0.3, 0.4) is 0 Å². The summed E-state index contributed by atoms with van der Waals surface area (Å²) >= 11 is 5.85. The third kappa shape index (κ3) is 3.87. The van der Waals surface area contributed by atoms with Gasteiger partial charge in [-0.05, 0) is 30.3 Å². The van der Waals surface area contributed by atoms with E-state index in [1.54, 1.807) is 42.5 Å². The van der Waals surface area contributed by atoms with Gasteiger partial charge in [-0.15, -0.1) is 0 Å². The summed E-state index contributed by atoms with van der Waals surface area (Å²) in [6, 6.07) is 22.4. The van der Waals surface area contributed by atoms with E-state index in [9.17, 15) is 13.2 Å². The molecule has 0 radical (unpaired) electrons. The predicted octanol–water partition coefficient (Wildman–Crippen LogP) is 3.74. The lowest BCUT2D eigenvalue weighted by Gasteiger charge is -2.26. The smallest absolute Gasteiger partial charge is 0.280 e. The first-order chi connectivity index (χ1) is 13.9. The topological polar surface area (TPSA) is 78.8 Å². The fourth-order valence-electron chi connectivity index (χ4n) is 3.01. The van der Waals surface area contributed by atoms with E-state index < -0.39 is 22.5 Å². The quantitative estimate of drug-likeness (QED) is 0.691. The van der Waals surface area contributed by atoms with E-state index in [1.807, 2.05) is 30.3 Å². The number of nitrogens with zero attached hydrogens (tertiary/aromatic N) is 2. The summed E-state index contributed by atoms with van der Waals surface area (Å²) < 4.78 is 26.9. The molecule has 0 aliphatic carbocycles. The zero-order chi connectivity index (χ0) is 20.4. The van der Waals surface area contributed by atoms with Crippen LogP contribution in [-0.4, -0.2) is 31.0 Å². The number of hydrogen-bond acceptors (Lipinski definition) is 4. The van der Waals surface area contributed by atoms with Gasteiger partial charge < -0.3 is 5.32 Å². The van der Waals surface area contributed by atoms with Crippen molar-refractivity contribution in [2.75, 3.05) is 11.9 Å². The van der Waals surface area contributed by atoms with Crippen LogP contribution in [0.5, 0.6) is 0 Å². The first-order valence-electron chi connectivity index (χ1n) is 8.77. The van der Waals surface area contributed by atoms with Crippen molar-refractivity contribution in [3.63, 3.8) is 0 Å². The van der Waals surface area contributed by atoms with Crippen molar-refractivity contribution in [1.29, 1.82) is 0 Å². The van der Waals surface area contributed by atoms with Gasteiger partial charge in [0.1, 0.15) is 12.3 Å². The fraction of sp³-hybridized carbons (Fsp3) is 0.0476. The minimum atomic E-state index is -3.95. The Bertz CT molecular complexity index is 1190. The highest BCUT2D eigenvalue weighted by atomic mass is 35.5. The number of hydrazone groups is 1. The molecule has 1 aliphatic heterocycles. The Kier molecular flexibility index (Phi) is 5.08. The second kappa shape index (κ2) is 7.69. The molecule has 1 heterocycles. The van der Waals surface area contributed by atoms with Crippen LogP contribution in [0.15, 0.2) is 88.9 Å². The molecule has 0 spiro atoms. The first-order valence-corrected chi connectivity index (χ1v) is 10.6. The van der Waals surface area contributed by atoms with Crippen molar-refractivity contribution >= 4 is 38.9 Å². The molecule has 29 heavy (non-hydrogen) atoms. The highest BCUT2D eigenvalue weighted by molar-refractivity contribution is 7.89. The van der Waals surface area contributed by atoms with Gasteiger partial charge in [-0.2, -0.15) is 17.9 Å². The summed E-state index contributed by atoms with van der Waals surface area (Å²) in [4.78, 5) is 12.6. The Hall–Kier alpha value is -3.16. The molecule has 0 bridgehead atoms. The van der Waals surface area contributed by atoms with Crippen LogP contribution in [0, 0.1) is 0 Å². The van der Waals surface area contributed by atoms with Crippen molar-refractivity contribution in [1.82, 2.24) is 4.41 Å². The number of anilines is 1. The first kappa shape index (κ1) is 19.2. The van der Waals surface area contributed by atoms with Crippen LogP contribution in [-0.2, 0) is 14.8 Å². The van der Waals surface area contributed by atoms with Gasteiger partial charge >= 0.3 is 0 Å². The molecule has 1 aliphatic rings. The molecule has 0 unspecified atom stereocenters. The second-order valence-electron chi connectivity index (χ2n) is 6.35. The Morgan fingerprint density at radius 1 is 0.931 bits per heavy atom. The molecule has 3 aromatic rings. The van der Waals surface area contributed by atoms with Gasteiger partial charge in [0.2, 0.25) is 5.91 Å². The zero-order valence-electron chi connectivity index (χ0n) is 15.1. The van der Waals surface area contributed by atoms with E-state index in [-0.39, 0.29) is 4.90 Å². The van der Waals surface area contributed by atoms with Gasteiger partial charge in [-0.3, -0.25) is 4.79 Å². The molecule has 3 aromatic carbocycles. The number of carbonyl (C=O) groups excluding carboxylic acids is 1. The second-order valence-corrected chi connectivity index (χ2v) is 8.60. The summed E-state index contributed by atoms with van der Waals surface area (Å²) in [7, 11) is -3.95. The number of halogens is 1. The lowest BCUT2D eigenvalue weighted by atomic mass is 10.0. The normalized spacial score (nSPS) is 14.7. The predicted molar refractivity (Wildman–Crippen MR) is 112 cm³/mol. The van der Waals surface area contributed by atoms with Gasteiger partial charge in [0.05, 0.1) is 4.90 Å². The van der Waals surface area contributed by atoms with E-state index in [2.05, 4.69) is 10.4 Å².